The minimum absolute atomic E-state index is 0.0956. The summed E-state index contributed by atoms with van der Waals surface area (Å²) in [5.74, 6) is 2.17. The van der Waals surface area contributed by atoms with Crippen molar-refractivity contribution in [2.75, 3.05) is 31.4 Å². The molecular formula is C28H26F3N7O3. The van der Waals surface area contributed by atoms with E-state index in [2.05, 4.69) is 20.3 Å². The lowest BCUT2D eigenvalue weighted by Crippen LogP contribution is -2.12. The maximum absolute atomic E-state index is 13.5. The molecule has 0 amide bonds. The van der Waals surface area contributed by atoms with E-state index in [1.807, 2.05) is 59.9 Å². The first-order chi connectivity index (χ1) is 19.3. The molecule has 1 atom stereocenters. The number of halogens is 3. The number of hydrogen-bond acceptors (Lipinski definition) is 8. The van der Waals surface area contributed by atoms with Crippen molar-refractivity contribution in [3.05, 3.63) is 81.8 Å². The minimum atomic E-state index is -4.74. The van der Waals surface area contributed by atoms with Crippen LogP contribution in [-0.2, 0) is 6.18 Å². The molecule has 0 radical (unpaired) electrons. The summed E-state index contributed by atoms with van der Waals surface area (Å²) in [7, 11) is 5.37. The number of non-ortho nitro benzene ring substituents is 1. The summed E-state index contributed by atoms with van der Waals surface area (Å²) in [5, 5.41) is 15.1. The van der Waals surface area contributed by atoms with Gasteiger partial charge in [-0.25, -0.2) is 15.0 Å². The van der Waals surface area contributed by atoms with Gasteiger partial charge in [0, 0.05) is 37.7 Å². The third-order valence-corrected chi connectivity index (χ3v) is 6.66. The zero-order valence-corrected chi connectivity index (χ0v) is 22.8. The van der Waals surface area contributed by atoms with Crippen LogP contribution in [0.1, 0.15) is 29.9 Å². The Morgan fingerprint density at radius 3 is 2.46 bits per heavy atom. The predicted molar refractivity (Wildman–Crippen MR) is 149 cm³/mol. The summed E-state index contributed by atoms with van der Waals surface area (Å²) >= 11 is 0. The number of alkyl halides is 3. The highest BCUT2D eigenvalue weighted by Crippen LogP contribution is 2.36. The number of methoxy groups -OCH3 is 1. The highest BCUT2D eigenvalue weighted by atomic mass is 19.4. The Kier molecular flexibility index (Phi) is 6.89. The van der Waals surface area contributed by atoms with Crippen molar-refractivity contribution in [1.29, 1.82) is 0 Å². The number of ether oxygens (including phenoxy) is 1. The van der Waals surface area contributed by atoms with E-state index in [0.717, 1.165) is 29.1 Å². The number of aryl methyl sites for hydroxylation is 1. The Hall–Kier alpha value is -4.94. The first kappa shape index (κ1) is 27.6. The van der Waals surface area contributed by atoms with Gasteiger partial charge in [-0.2, -0.15) is 13.2 Å². The largest absolute Gasteiger partial charge is 0.482 e. The van der Waals surface area contributed by atoms with E-state index < -0.39 is 28.4 Å². The van der Waals surface area contributed by atoms with Crippen LogP contribution in [-0.4, -0.2) is 45.5 Å². The molecule has 13 heteroatoms. The molecular weight excluding hydrogens is 539 g/mol. The lowest BCUT2D eigenvalue weighted by atomic mass is 10.0. The van der Waals surface area contributed by atoms with Crippen LogP contribution < -0.4 is 15.0 Å². The molecule has 0 saturated heterocycles. The maximum Gasteiger partial charge on any atom is 0.416 e. The van der Waals surface area contributed by atoms with E-state index in [9.17, 15) is 23.3 Å². The second kappa shape index (κ2) is 10.2. The molecule has 0 bridgehead atoms. The first-order valence-electron chi connectivity index (χ1n) is 12.5. The number of benzene rings is 2. The van der Waals surface area contributed by atoms with Crippen molar-refractivity contribution in [2.45, 2.75) is 26.1 Å². The van der Waals surface area contributed by atoms with E-state index in [1.54, 1.807) is 21.0 Å². The average molecular weight is 566 g/mol. The molecule has 0 spiro atoms. The fourth-order valence-electron chi connectivity index (χ4n) is 4.56. The molecule has 1 N–H and O–H groups in total. The van der Waals surface area contributed by atoms with Gasteiger partial charge in [0.15, 0.2) is 5.88 Å². The van der Waals surface area contributed by atoms with Crippen LogP contribution >= 0.6 is 0 Å². The Balaban J connectivity index is 1.58. The third kappa shape index (κ3) is 5.42. The van der Waals surface area contributed by atoms with Crippen LogP contribution in [0.5, 0.6) is 5.88 Å². The summed E-state index contributed by atoms with van der Waals surface area (Å²) in [6, 6.07) is 11.2. The molecule has 0 unspecified atom stereocenters. The van der Waals surface area contributed by atoms with E-state index in [0.29, 0.717) is 40.1 Å². The average Bonchev–Trinajstić information content (AvgIpc) is 3.36. The second-order valence-electron chi connectivity index (χ2n) is 9.79. The molecule has 41 heavy (non-hydrogen) atoms. The first-order valence-corrected chi connectivity index (χ1v) is 12.5. The zero-order valence-electron chi connectivity index (χ0n) is 22.8. The normalized spacial score (nSPS) is 12.5. The van der Waals surface area contributed by atoms with E-state index in [-0.39, 0.29) is 5.56 Å². The molecule has 2 aromatic carbocycles. The number of pyridine rings is 1. The molecule has 0 aliphatic rings. The van der Waals surface area contributed by atoms with Gasteiger partial charge >= 0.3 is 6.18 Å². The van der Waals surface area contributed by atoms with Gasteiger partial charge in [-0.1, -0.05) is 6.07 Å². The van der Waals surface area contributed by atoms with Gasteiger partial charge in [0.1, 0.15) is 23.1 Å². The standard InChI is InChI=1S/C28H26F3N7O3/c1-15(18-8-20(28(29,30)31)13-21(9-18)38(39)40)32-27-22-10-17(6-7-23(22)33-16(2)34-27)19-11-24-35-25(36(3)4)14-37(24)26(12-19)41-5/h6-15H,1-5H3,(H,32,33,34)/t15-/m1/s1. The van der Waals surface area contributed by atoms with Crippen molar-refractivity contribution in [3.8, 4) is 17.0 Å². The fourth-order valence-corrected chi connectivity index (χ4v) is 4.56. The van der Waals surface area contributed by atoms with Crippen LogP contribution in [0.4, 0.5) is 30.5 Å². The van der Waals surface area contributed by atoms with E-state index in [4.69, 9.17) is 4.74 Å². The number of rotatable bonds is 7. The Morgan fingerprint density at radius 1 is 1.05 bits per heavy atom. The second-order valence-corrected chi connectivity index (χ2v) is 9.79. The topological polar surface area (TPSA) is 111 Å². The highest BCUT2D eigenvalue weighted by molar-refractivity contribution is 5.93. The summed E-state index contributed by atoms with van der Waals surface area (Å²) < 4.78 is 47.9. The lowest BCUT2D eigenvalue weighted by molar-refractivity contribution is -0.385. The van der Waals surface area contributed by atoms with E-state index >= 15 is 0 Å². The molecule has 10 nitrogen and oxygen atoms in total. The number of imidazole rings is 1. The molecule has 0 aliphatic carbocycles. The predicted octanol–water partition coefficient (Wildman–Crippen LogP) is 6.43. The van der Waals surface area contributed by atoms with Crippen LogP contribution in [0, 0.1) is 17.0 Å². The van der Waals surface area contributed by atoms with Gasteiger partial charge in [-0.3, -0.25) is 14.5 Å². The van der Waals surface area contributed by atoms with Gasteiger partial charge in [0.25, 0.3) is 5.69 Å². The number of nitro groups is 1. The SMILES string of the molecule is COc1cc(-c2ccc3nc(C)nc(N[C@H](C)c4cc([N+](=O)[O-])cc(C(F)(F)F)c4)c3c2)cc2nc(N(C)C)cn12. The van der Waals surface area contributed by atoms with Crippen molar-refractivity contribution in [3.63, 3.8) is 0 Å². The van der Waals surface area contributed by atoms with Crippen molar-refractivity contribution >= 4 is 33.9 Å². The van der Waals surface area contributed by atoms with Crippen molar-refractivity contribution in [1.82, 2.24) is 19.4 Å². The quantitative estimate of drug-likeness (QED) is 0.178. The Morgan fingerprint density at radius 2 is 1.80 bits per heavy atom. The number of anilines is 2. The number of nitrogens with one attached hydrogen (secondary N) is 1. The van der Waals surface area contributed by atoms with Gasteiger partial charge in [0.05, 0.1) is 35.4 Å². The molecule has 3 aromatic heterocycles. The lowest BCUT2D eigenvalue weighted by Gasteiger charge is -2.18. The molecule has 0 aliphatic heterocycles. The van der Waals surface area contributed by atoms with Gasteiger partial charge in [-0.05, 0) is 54.8 Å². The van der Waals surface area contributed by atoms with Crippen LogP contribution in [0.2, 0.25) is 0 Å². The molecule has 0 saturated carbocycles. The summed E-state index contributed by atoms with van der Waals surface area (Å²) in [6.07, 6.45) is -2.87. The number of nitro benzene ring substituents is 1. The van der Waals surface area contributed by atoms with Gasteiger partial charge in [-0.15, -0.1) is 0 Å². The highest BCUT2D eigenvalue weighted by Gasteiger charge is 2.33. The van der Waals surface area contributed by atoms with Crippen LogP contribution in [0.3, 0.4) is 0 Å². The number of aromatic nitrogens is 4. The van der Waals surface area contributed by atoms with E-state index in [1.165, 1.54) is 0 Å². The summed E-state index contributed by atoms with van der Waals surface area (Å²) in [4.78, 5) is 26.1. The van der Waals surface area contributed by atoms with Crippen LogP contribution in [0.15, 0.2) is 54.7 Å². The molecule has 3 heterocycles. The fraction of sp³-hybridized carbons (Fsp3) is 0.250. The Labute approximate surface area is 232 Å². The van der Waals surface area contributed by atoms with Crippen molar-refractivity contribution in [2.24, 2.45) is 0 Å². The molecule has 212 valence electrons. The molecule has 5 rings (SSSR count). The smallest absolute Gasteiger partial charge is 0.416 e. The zero-order chi connectivity index (χ0) is 29.6. The maximum atomic E-state index is 13.5. The Bertz CT molecular complexity index is 1800. The number of hydrogen-bond donors (Lipinski definition) is 1. The summed E-state index contributed by atoms with van der Waals surface area (Å²) in [6.45, 7) is 3.32. The minimum Gasteiger partial charge on any atom is -0.482 e. The molecule has 0 fully saturated rings. The monoisotopic (exact) mass is 565 g/mol. The summed E-state index contributed by atoms with van der Waals surface area (Å²) in [5.41, 5.74) is 1.29. The third-order valence-electron chi connectivity index (χ3n) is 6.66. The molecule has 5 aromatic rings. The van der Waals surface area contributed by atoms with Gasteiger partial charge < -0.3 is 15.0 Å². The number of fused-ring (bicyclic) bond motifs is 2. The van der Waals surface area contributed by atoms with Crippen molar-refractivity contribution < 1.29 is 22.8 Å². The number of nitrogens with zero attached hydrogens (tertiary/aromatic N) is 6. The van der Waals surface area contributed by atoms with Crippen LogP contribution in [0.25, 0.3) is 27.7 Å². The van der Waals surface area contributed by atoms with Gasteiger partial charge in [0.2, 0.25) is 0 Å².